The second-order valence-electron chi connectivity index (χ2n) is 5.12. The van der Waals surface area contributed by atoms with E-state index in [9.17, 15) is 18.7 Å². The number of aliphatic hydroxyl groups excluding tert-OH is 1. The molecule has 1 heterocycles. The Morgan fingerprint density at radius 2 is 2.00 bits per heavy atom. The number of anilines is 1. The molecule has 0 aliphatic rings. The number of aromatic nitrogens is 2. The Morgan fingerprint density at radius 1 is 1.35 bits per heavy atom. The van der Waals surface area contributed by atoms with E-state index in [-0.39, 0.29) is 18.1 Å². The number of nitrogens with one attached hydrogen (secondary N) is 1. The van der Waals surface area contributed by atoms with Gasteiger partial charge in [0.2, 0.25) is 5.13 Å². The number of hydrogen-bond acceptors (Lipinski definition) is 5. The predicted octanol–water partition coefficient (Wildman–Crippen LogP) is 2.25. The van der Waals surface area contributed by atoms with Crippen molar-refractivity contribution >= 4 is 22.5 Å². The fourth-order valence-corrected chi connectivity index (χ4v) is 2.69. The van der Waals surface area contributed by atoms with E-state index >= 15 is 0 Å². The van der Waals surface area contributed by atoms with Crippen LogP contribution in [0, 0.1) is 11.6 Å². The lowest BCUT2D eigenvalue weighted by molar-refractivity contribution is 0.149. The van der Waals surface area contributed by atoms with Crippen LogP contribution in [0.1, 0.15) is 17.5 Å². The minimum absolute atomic E-state index is 0.181. The second-order valence-corrected chi connectivity index (χ2v) is 6.18. The molecule has 0 aliphatic carbocycles. The topological polar surface area (TPSA) is 78.4 Å². The van der Waals surface area contributed by atoms with Crippen LogP contribution in [0.5, 0.6) is 0 Å². The monoisotopic (exact) mass is 342 g/mol. The third-order valence-corrected chi connectivity index (χ3v) is 3.68. The van der Waals surface area contributed by atoms with Crippen molar-refractivity contribution in [1.82, 2.24) is 15.1 Å². The van der Waals surface area contributed by atoms with Crippen LogP contribution in [-0.4, -0.2) is 45.9 Å². The highest BCUT2D eigenvalue weighted by atomic mass is 32.1. The Bertz CT molecular complexity index is 673. The number of nitrogens with zero attached hydrogens (tertiary/aromatic N) is 3. The first-order valence-electron chi connectivity index (χ1n) is 6.81. The number of benzene rings is 1. The van der Waals surface area contributed by atoms with Gasteiger partial charge < -0.3 is 10.0 Å². The highest BCUT2D eigenvalue weighted by Gasteiger charge is 2.14. The fraction of sp³-hybridized carbons (Fsp3) is 0.357. The van der Waals surface area contributed by atoms with Crippen molar-refractivity contribution < 1.29 is 18.7 Å². The molecular weight excluding hydrogens is 326 g/mol. The number of aliphatic hydroxyl groups is 1. The average molecular weight is 342 g/mol. The van der Waals surface area contributed by atoms with Gasteiger partial charge in [-0.3, -0.25) is 5.32 Å². The summed E-state index contributed by atoms with van der Waals surface area (Å²) in [5.74, 6) is -1.31. The van der Waals surface area contributed by atoms with Crippen molar-refractivity contribution in [3.05, 3.63) is 40.4 Å². The van der Waals surface area contributed by atoms with Gasteiger partial charge in [0.1, 0.15) is 16.6 Å². The van der Waals surface area contributed by atoms with E-state index in [1.165, 1.54) is 17.0 Å². The largest absolute Gasteiger partial charge is 0.392 e. The van der Waals surface area contributed by atoms with Crippen LogP contribution in [0.15, 0.2) is 18.2 Å². The number of carbonyl (C=O) groups is 1. The van der Waals surface area contributed by atoms with Gasteiger partial charge in [0, 0.05) is 26.1 Å². The molecular formula is C14H16F2N4O2S. The van der Waals surface area contributed by atoms with Crippen molar-refractivity contribution in [2.24, 2.45) is 0 Å². The third-order valence-electron chi connectivity index (χ3n) is 2.84. The Labute approximate surface area is 135 Å². The van der Waals surface area contributed by atoms with Crippen molar-refractivity contribution in [3.8, 4) is 0 Å². The van der Waals surface area contributed by atoms with E-state index < -0.39 is 23.8 Å². The fourth-order valence-electron chi connectivity index (χ4n) is 1.93. The molecule has 23 heavy (non-hydrogen) atoms. The maximum atomic E-state index is 13.1. The van der Waals surface area contributed by atoms with Gasteiger partial charge in [0.15, 0.2) is 0 Å². The minimum atomic E-state index is -0.655. The SMILES string of the molecule is C[C@@H](O)CN(C)C(=O)Nc1nnc(Cc2cc(F)cc(F)c2)s1. The van der Waals surface area contributed by atoms with Crippen molar-refractivity contribution in [1.29, 1.82) is 0 Å². The first-order valence-corrected chi connectivity index (χ1v) is 7.62. The zero-order valence-electron chi connectivity index (χ0n) is 12.6. The van der Waals surface area contributed by atoms with Gasteiger partial charge in [-0.15, -0.1) is 10.2 Å². The van der Waals surface area contributed by atoms with E-state index in [1.807, 2.05) is 0 Å². The summed E-state index contributed by atoms with van der Waals surface area (Å²) in [6, 6.07) is 2.82. The summed E-state index contributed by atoms with van der Waals surface area (Å²) in [6.07, 6.45) is -0.426. The van der Waals surface area contributed by atoms with Crippen LogP contribution in [0.25, 0.3) is 0 Å². The molecule has 1 aromatic heterocycles. The van der Waals surface area contributed by atoms with Gasteiger partial charge in [-0.1, -0.05) is 11.3 Å². The number of amides is 2. The molecule has 2 amide bonds. The normalized spacial score (nSPS) is 12.0. The van der Waals surface area contributed by atoms with Crippen LogP contribution >= 0.6 is 11.3 Å². The lowest BCUT2D eigenvalue weighted by atomic mass is 10.1. The molecule has 0 radical (unpaired) electrons. The Hall–Kier alpha value is -2.13. The molecule has 6 nitrogen and oxygen atoms in total. The molecule has 0 aliphatic heterocycles. The smallest absolute Gasteiger partial charge is 0.323 e. The Morgan fingerprint density at radius 3 is 2.61 bits per heavy atom. The first kappa shape index (κ1) is 17.2. The number of urea groups is 1. The summed E-state index contributed by atoms with van der Waals surface area (Å²) in [5, 5.41) is 20.3. The molecule has 2 aromatic rings. The minimum Gasteiger partial charge on any atom is -0.392 e. The third kappa shape index (κ3) is 5.22. The molecule has 0 unspecified atom stereocenters. The van der Waals surface area contributed by atoms with Crippen molar-refractivity contribution in [2.75, 3.05) is 18.9 Å². The van der Waals surface area contributed by atoms with Gasteiger partial charge in [0.25, 0.3) is 0 Å². The summed E-state index contributed by atoms with van der Waals surface area (Å²) >= 11 is 1.12. The number of hydrogen-bond donors (Lipinski definition) is 2. The van der Waals surface area contributed by atoms with Crippen LogP contribution < -0.4 is 5.32 Å². The molecule has 1 aromatic carbocycles. The van der Waals surface area contributed by atoms with Gasteiger partial charge >= 0.3 is 6.03 Å². The molecule has 0 spiro atoms. The summed E-state index contributed by atoms with van der Waals surface area (Å²) in [4.78, 5) is 13.2. The molecule has 0 saturated carbocycles. The Kier molecular flexibility index (Phi) is 5.56. The highest BCUT2D eigenvalue weighted by Crippen LogP contribution is 2.20. The van der Waals surface area contributed by atoms with E-state index in [0.29, 0.717) is 10.6 Å². The number of halogens is 2. The van der Waals surface area contributed by atoms with Crippen LogP contribution in [0.4, 0.5) is 18.7 Å². The standard InChI is InChI=1S/C14H16F2N4O2S/c1-8(21)7-20(2)14(22)17-13-19-18-12(23-13)5-9-3-10(15)6-11(16)4-9/h3-4,6,8,21H,5,7H2,1-2H3,(H,17,19,22)/t8-/m1/s1. The Balaban J connectivity index is 1.99. The molecule has 2 N–H and O–H groups in total. The van der Waals surface area contributed by atoms with Gasteiger partial charge in [-0.25, -0.2) is 13.6 Å². The number of likely N-dealkylation sites (N-methyl/N-ethyl adjacent to an activating group) is 1. The maximum absolute atomic E-state index is 13.1. The van der Waals surface area contributed by atoms with Gasteiger partial charge in [-0.2, -0.15) is 0 Å². The van der Waals surface area contributed by atoms with Crippen molar-refractivity contribution in [3.63, 3.8) is 0 Å². The number of carbonyl (C=O) groups excluding carboxylic acids is 1. The van der Waals surface area contributed by atoms with Crippen molar-refractivity contribution in [2.45, 2.75) is 19.4 Å². The summed E-state index contributed by atoms with van der Waals surface area (Å²) in [7, 11) is 1.54. The molecule has 0 fully saturated rings. The zero-order valence-corrected chi connectivity index (χ0v) is 13.4. The van der Waals surface area contributed by atoms with Gasteiger partial charge in [-0.05, 0) is 24.6 Å². The summed E-state index contributed by atoms with van der Waals surface area (Å²) < 4.78 is 26.3. The van der Waals surface area contributed by atoms with Crippen LogP contribution in [0.2, 0.25) is 0 Å². The van der Waals surface area contributed by atoms with Crippen LogP contribution in [-0.2, 0) is 6.42 Å². The lowest BCUT2D eigenvalue weighted by Crippen LogP contribution is -2.36. The zero-order chi connectivity index (χ0) is 17.0. The summed E-state index contributed by atoms with van der Waals surface area (Å²) in [6.45, 7) is 1.75. The summed E-state index contributed by atoms with van der Waals surface area (Å²) in [5.41, 5.74) is 0.433. The predicted molar refractivity (Wildman–Crippen MR) is 82.4 cm³/mol. The molecule has 9 heteroatoms. The maximum Gasteiger partial charge on any atom is 0.323 e. The first-order chi connectivity index (χ1) is 10.8. The average Bonchev–Trinajstić information content (AvgIpc) is 2.83. The molecule has 0 bridgehead atoms. The molecule has 124 valence electrons. The van der Waals surface area contributed by atoms with Crippen LogP contribution in [0.3, 0.4) is 0 Å². The highest BCUT2D eigenvalue weighted by molar-refractivity contribution is 7.15. The molecule has 1 atom stereocenters. The molecule has 2 rings (SSSR count). The van der Waals surface area contributed by atoms with E-state index in [1.54, 1.807) is 14.0 Å². The van der Waals surface area contributed by atoms with Gasteiger partial charge in [0.05, 0.1) is 6.10 Å². The quantitative estimate of drug-likeness (QED) is 0.874. The second kappa shape index (κ2) is 7.42. The number of rotatable bonds is 5. The van der Waals surface area contributed by atoms with E-state index in [2.05, 4.69) is 15.5 Å². The molecule has 0 saturated heterocycles. The van der Waals surface area contributed by atoms with E-state index in [4.69, 9.17) is 0 Å². The van der Waals surface area contributed by atoms with E-state index in [0.717, 1.165) is 17.4 Å². The lowest BCUT2D eigenvalue weighted by Gasteiger charge is -2.18.